The first-order valence-electron chi connectivity index (χ1n) is 7.38. The Morgan fingerprint density at radius 2 is 2.14 bits per heavy atom. The van der Waals surface area contributed by atoms with Crippen LogP contribution in [0.1, 0.15) is 6.92 Å². The molecule has 0 spiro atoms. The number of nitrogens with one attached hydrogen (secondary N) is 1. The van der Waals surface area contributed by atoms with Crippen molar-refractivity contribution >= 4 is 36.4 Å². The molecule has 116 valence electrons. The molecule has 0 bridgehead atoms. The van der Waals surface area contributed by atoms with Gasteiger partial charge in [0.15, 0.2) is 0 Å². The molecule has 0 amide bonds. The number of fused-ring (bicyclic) bond motifs is 1. The number of hydrogen-bond donors (Lipinski definition) is 1. The van der Waals surface area contributed by atoms with Crippen LogP contribution in [0.4, 0.5) is 5.69 Å². The zero-order valence-corrected chi connectivity index (χ0v) is 15.0. The zero-order chi connectivity index (χ0) is 15.5. The number of pyridine rings is 1. The number of hydrogen-bond acceptors (Lipinski definition) is 3. The number of halogens is 1. The summed E-state index contributed by atoms with van der Waals surface area (Å²) >= 11 is 6.11. The lowest BCUT2D eigenvalue weighted by molar-refractivity contribution is 0.0899. The lowest BCUT2D eigenvalue weighted by Crippen LogP contribution is -2.22. The Balaban J connectivity index is 2.11. The highest BCUT2D eigenvalue weighted by Crippen LogP contribution is 2.26. The van der Waals surface area contributed by atoms with Crippen LogP contribution >= 0.6 is 11.6 Å². The summed E-state index contributed by atoms with van der Waals surface area (Å²) in [5.74, 6) is 0. The summed E-state index contributed by atoms with van der Waals surface area (Å²) < 4.78 is 7.80. The molecule has 0 aromatic carbocycles. The van der Waals surface area contributed by atoms with Gasteiger partial charge in [0.2, 0.25) is 0 Å². The van der Waals surface area contributed by atoms with Gasteiger partial charge >= 0.3 is 0 Å². The minimum atomic E-state index is -1.04. The summed E-state index contributed by atoms with van der Waals surface area (Å²) in [5.41, 5.74) is 1.89. The van der Waals surface area contributed by atoms with E-state index in [1.54, 1.807) is 0 Å². The van der Waals surface area contributed by atoms with E-state index in [4.69, 9.17) is 16.3 Å². The predicted molar refractivity (Wildman–Crippen MR) is 93.0 cm³/mol. The lowest BCUT2D eigenvalue weighted by atomic mass is 10.3. The fraction of sp³-hybridized carbons (Fsp3) is 0.533. The van der Waals surface area contributed by atoms with E-state index in [2.05, 4.69) is 42.9 Å². The van der Waals surface area contributed by atoms with Gasteiger partial charge < -0.3 is 14.6 Å². The number of rotatable bonds is 7. The van der Waals surface area contributed by atoms with Crippen molar-refractivity contribution in [3.63, 3.8) is 0 Å². The first kappa shape index (κ1) is 16.3. The quantitative estimate of drug-likeness (QED) is 0.465. The van der Waals surface area contributed by atoms with E-state index in [1.165, 1.54) is 6.04 Å². The van der Waals surface area contributed by atoms with Gasteiger partial charge in [-0.15, -0.1) is 0 Å². The Morgan fingerprint density at radius 3 is 2.81 bits per heavy atom. The van der Waals surface area contributed by atoms with Crippen LogP contribution in [0.25, 0.3) is 11.0 Å². The van der Waals surface area contributed by atoms with Crippen LogP contribution in [0.3, 0.4) is 0 Å². The molecule has 1 N–H and O–H groups in total. The zero-order valence-electron chi connectivity index (χ0n) is 13.2. The van der Waals surface area contributed by atoms with Crippen molar-refractivity contribution in [3.8, 4) is 0 Å². The second-order valence-electron chi connectivity index (χ2n) is 6.39. The average molecular weight is 326 g/mol. The van der Waals surface area contributed by atoms with Crippen molar-refractivity contribution in [1.29, 1.82) is 0 Å². The fourth-order valence-corrected chi connectivity index (χ4v) is 3.06. The van der Waals surface area contributed by atoms with Gasteiger partial charge in [0.1, 0.15) is 17.5 Å². The Labute approximate surface area is 132 Å². The molecule has 4 nitrogen and oxygen atoms in total. The highest BCUT2D eigenvalue weighted by molar-refractivity contribution is 6.76. The smallest absolute Gasteiger partial charge is 0.145 e. The van der Waals surface area contributed by atoms with Gasteiger partial charge in [-0.2, -0.15) is 0 Å². The van der Waals surface area contributed by atoms with Gasteiger partial charge in [0.25, 0.3) is 0 Å². The number of ether oxygens (including phenoxy) is 1. The molecule has 2 rings (SSSR count). The van der Waals surface area contributed by atoms with Crippen molar-refractivity contribution in [1.82, 2.24) is 9.55 Å². The second kappa shape index (κ2) is 6.81. The molecule has 0 unspecified atom stereocenters. The highest BCUT2D eigenvalue weighted by atomic mass is 35.5. The number of aromatic nitrogens is 2. The molecular weight excluding hydrogens is 302 g/mol. The highest BCUT2D eigenvalue weighted by Gasteiger charge is 2.13. The Kier molecular flexibility index (Phi) is 5.30. The monoisotopic (exact) mass is 325 g/mol. The summed E-state index contributed by atoms with van der Waals surface area (Å²) in [5, 5.41) is 4.90. The van der Waals surface area contributed by atoms with Gasteiger partial charge in [-0.05, 0) is 25.1 Å². The van der Waals surface area contributed by atoms with Gasteiger partial charge in [-0.25, -0.2) is 4.98 Å². The van der Waals surface area contributed by atoms with E-state index in [0.29, 0.717) is 11.9 Å². The van der Waals surface area contributed by atoms with Gasteiger partial charge in [-0.3, -0.25) is 0 Å². The average Bonchev–Trinajstić information content (AvgIpc) is 2.77. The van der Waals surface area contributed by atoms with Crippen molar-refractivity contribution < 1.29 is 4.74 Å². The molecule has 0 aliphatic heterocycles. The summed E-state index contributed by atoms with van der Waals surface area (Å²) in [6, 6.07) is 5.09. The first-order chi connectivity index (χ1) is 9.90. The Hall–Kier alpha value is -1.04. The third-order valence-electron chi connectivity index (χ3n) is 3.29. The summed E-state index contributed by atoms with van der Waals surface area (Å²) in [6.07, 6.45) is 2.00. The van der Waals surface area contributed by atoms with Crippen molar-refractivity contribution in [2.24, 2.45) is 0 Å². The Morgan fingerprint density at radius 1 is 1.38 bits per heavy atom. The minimum absolute atomic E-state index is 0.500. The van der Waals surface area contributed by atoms with Crippen LogP contribution in [-0.2, 0) is 11.5 Å². The maximum Gasteiger partial charge on any atom is 0.145 e. The van der Waals surface area contributed by atoms with Crippen LogP contribution < -0.4 is 5.32 Å². The Bertz CT molecular complexity index is 607. The molecule has 0 fully saturated rings. The van der Waals surface area contributed by atoms with Gasteiger partial charge in [0, 0.05) is 38.5 Å². The summed E-state index contributed by atoms with van der Waals surface area (Å²) in [7, 11) is -1.04. The second-order valence-corrected chi connectivity index (χ2v) is 12.4. The molecule has 0 saturated heterocycles. The largest absolute Gasteiger partial charge is 0.385 e. The number of anilines is 1. The molecule has 0 aliphatic carbocycles. The van der Waals surface area contributed by atoms with E-state index in [9.17, 15) is 0 Å². The van der Waals surface area contributed by atoms with Crippen molar-refractivity contribution in [3.05, 3.63) is 23.5 Å². The third kappa shape index (κ3) is 4.46. The van der Waals surface area contributed by atoms with Gasteiger partial charge in [0.05, 0.1) is 0 Å². The van der Waals surface area contributed by atoms with Crippen LogP contribution in [0.5, 0.6) is 0 Å². The predicted octanol–water partition coefficient (Wildman–Crippen LogP) is 4.43. The van der Waals surface area contributed by atoms with E-state index < -0.39 is 8.07 Å². The normalized spacial score (nSPS) is 12.0. The van der Waals surface area contributed by atoms with Crippen LogP contribution in [0, 0.1) is 0 Å². The SMILES string of the molecule is CCNc1cc(Cl)nc2c1ccn2COCC[Si](C)(C)C. The molecule has 2 aromatic rings. The fourth-order valence-electron chi connectivity index (χ4n) is 2.11. The van der Waals surface area contributed by atoms with E-state index in [-0.39, 0.29) is 0 Å². The van der Waals surface area contributed by atoms with Crippen molar-refractivity contribution in [2.75, 3.05) is 18.5 Å². The lowest BCUT2D eigenvalue weighted by Gasteiger charge is -2.15. The van der Waals surface area contributed by atoms with E-state index in [1.807, 2.05) is 16.8 Å². The third-order valence-corrected chi connectivity index (χ3v) is 5.19. The van der Waals surface area contributed by atoms with Crippen LogP contribution in [-0.4, -0.2) is 30.8 Å². The maximum atomic E-state index is 6.11. The van der Waals surface area contributed by atoms with Crippen LogP contribution in [0.15, 0.2) is 18.3 Å². The van der Waals surface area contributed by atoms with Crippen molar-refractivity contribution in [2.45, 2.75) is 39.3 Å². The molecule has 21 heavy (non-hydrogen) atoms. The minimum Gasteiger partial charge on any atom is -0.385 e. The van der Waals surface area contributed by atoms with Crippen LogP contribution in [0.2, 0.25) is 30.8 Å². The molecule has 6 heteroatoms. The molecule has 2 aromatic heterocycles. The number of nitrogens with zero attached hydrogens (tertiary/aromatic N) is 2. The van der Waals surface area contributed by atoms with E-state index in [0.717, 1.165) is 29.9 Å². The van der Waals surface area contributed by atoms with Gasteiger partial charge in [-0.1, -0.05) is 31.2 Å². The first-order valence-corrected chi connectivity index (χ1v) is 11.5. The molecular formula is C15H24ClN3OSi. The van der Waals surface area contributed by atoms with E-state index >= 15 is 0 Å². The molecule has 0 radical (unpaired) electrons. The standard InChI is InChI=1S/C15H24ClN3OSi/c1-5-17-13-10-14(16)18-15-12(13)6-7-19(15)11-20-8-9-21(2,3)4/h6-7,10H,5,8-9,11H2,1-4H3,(H,17,18). The topological polar surface area (TPSA) is 39.1 Å². The summed E-state index contributed by atoms with van der Waals surface area (Å²) in [6.45, 7) is 11.3. The molecule has 0 aliphatic rings. The molecule has 0 atom stereocenters. The maximum absolute atomic E-state index is 6.11. The molecule has 2 heterocycles. The molecule has 0 saturated carbocycles. The summed E-state index contributed by atoms with van der Waals surface area (Å²) in [4.78, 5) is 4.42.